The van der Waals surface area contributed by atoms with E-state index in [1.54, 1.807) is 4.90 Å². The highest BCUT2D eigenvalue weighted by Gasteiger charge is 2.38. The highest BCUT2D eigenvalue weighted by atomic mass is 79.9. The minimum atomic E-state index is -0.555. The van der Waals surface area contributed by atoms with Gasteiger partial charge in [-0.1, -0.05) is 52.3 Å². The predicted molar refractivity (Wildman–Crippen MR) is 86.4 cm³/mol. The third-order valence-corrected chi connectivity index (χ3v) is 4.34. The van der Waals surface area contributed by atoms with Crippen molar-refractivity contribution in [3.63, 3.8) is 0 Å². The van der Waals surface area contributed by atoms with E-state index in [0.717, 1.165) is 22.1 Å². The predicted octanol–water partition coefficient (Wildman–Crippen LogP) is 4.71. The molecule has 1 fully saturated rings. The van der Waals surface area contributed by atoms with Gasteiger partial charge in [-0.05, 0) is 30.7 Å². The average Bonchev–Trinajstić information content (AvgIpc) is 2.48. The molecule has 3 nitrogen and oxygen atoms in total. The summed E-state index contributed by atoms with van der Waals surface area (Å²) in [4.78, 5) is 14.1. The van der Waals surface area contributed by atoms with Gasteiger partial charge in [-0.25, -0.2) is 4.79 Å². The first-order chi connectivity index (χ1) is 10.1. The Labute approximate surface area is 132 Å². The third-order valence-electron chi connectivity index (χ3n) is 3.85. The normalized spacial score (nSPS) is 22.0. The van der Waals surface area contributed by atoms with E-state index in [1.165, 1.54) is 0 Å². The van der Waals surface area contributed by atoms with Crippen LogP contribution in [-0.2, 0) is 10.3 Å². The number of nitrogens with zero attached hydrogens (tertiary/aromatic N) is 1. The number of hydrogen-bond donors (Lipinski definition) is 0. The van der Waals surface area contributed by atoms with Crippen LogP contribution in [0.15, 0.2) is 59.1 Å². The summed E-state index contributed by atoms with van der Waals surface area (Å²) in [7, 11) is 0. The Bertz CT molecular complexity index is 659. The van der Waals surface area contributed by atoms with Crippen molar-refractivity contribution in [2.75, 3.05) is 11.4 Å². The molecule has 1 amide bonds. The van der Waals surface area contributed by atoms with Crippen LogP contribution in [0, 0.1) is 0 Å². The van der Waals surface area contributed by atoms with Crippen molar-refractivity contribution in [2.45, 2.75) is 18.9 Å². The molecule has 21 heavy (non-hydrogen) atoms. The highest BCUT2D eigenvalue weighted by molar-refractivity contribution is 9.10. The summed E-state index contributed by atoms with van der Waals surface area (Å²) in [5.74, 6) is 0. The monoisotopic (exact) mass is 345 g/mol. The molecule has 2 aromatic rings. The zero-order valence-electron chi connectivity index (χ0n) is 11.8. The summed E-state index contributed by atoms with van der Waals surface area (Å²) < 4.78 is 6.69. The lowest BCUT2D eigenvalue weighted by molar-refractivity contribution is 0.00582. The second-order valence-electron chi connectivity index (χ2n) is 5.35. The number of carbonyl (C=O) groups is 1. The first kappa shape index (κ1) is 14.1. The molecule has 0 N–H and O–H groups in total. The lowest BCUT2D eigenvalue weighted by atomic mass is 9.91. The average molecular weight is 346 g/mol. The van der Waals surface area contributed by atoms with Crippen LogP contribution < -0.4 is 4.90 Å². The van der Waals surface area contributed by atoms with Crippen LogP contribution in [0.25, 0.3) is 0 Å². The van der Waals surface area contributed by atoms with Crippen molar-refractivity contribution in [1.29, 1.82) is 0 Å². The number of carbonyl (C=O) groups excluding carboxylic acids is 1. The fourth-order valence-corrected chi connectivity index (χ4v) is 2.97. The number of ether oxygens (including phenoxy) is 1. The minimum absolute atomic E-state index is 0.300. The SMILES string of the molecule is C[C@]1(c2ccccc2)CCN(c2cccc(Br)c2)C(=O)O1. The summed E-state index contributed by atoms with van der Waals surface area (Å²) >= 11 is 3.43. The van der Waals surface area contributed by atoms with Crippen molar-refractivity contribution in [3.8, 4) is 0 Å². The number of anilines is 1. The molecule has 0 aliphatic carbocycles. The zero-order valence-corrected chi connectivity index (χ0v) is 13.3. The molecule has 2 aromatic carbocycles. The standard InChI is InChI=1S/C17H16BrNO2/c1-17(13-6-3-2-4-7-13)10-11-19(16(20)21-17)15-9-5-8-14(18)12-15/h2-9,12H,10-11H2,1H3/t17-/m1/s1. The molecule has 4 heteroatoms. The van der Waals surface area contributed by atoms with E-state index in [9.17, 15) is 4.79 Å². The molecule has 0 saturated carbocycles. The van der Waals surface area contributed by atoms with Gasteiger partial charge in [0.05, 0.1) is 0 Å². The third kappa shape index (κ3) is 2.81. The molecule has 0 unspecified atom stereocenters. The molecule has 108 valence electrons. The van der Waals surface area contributed by atoms with Crippen LogP contribution in [0.3, 0.4) is 0 Å². The van der Waals surface area contributed by atoms with E-state index in [1.807, 2.05) is 61.5 Å². The van der Waals surface area contributed by atoms with E-state index >= 15 is 0 Å². The first-order valence-electron chi connectivity index (χ1n) is 6.90. The summed E-state index contributed by atoms with van der Waals surface area (Å²) in [6, 6.07) is 17.6. The second kappa shape index (κ2) is 5.53. The summed E-state index contributed by atoms with van der Waals surface area (Å²) in [5.41, 5.74) is 1.33. The largest absolute Gasteiger partial charge is 0.438 e. The van der Waals surface area contributed by atoms with Gasteiger partial charge in [0.25, 0.3) is 0 Å². The van der Waals surface area contributed by atoms with Gasteiger partial charge in [-0.2, -0.15) is 0 Å². The quantitative estimate of drug-likeness (QED) is 0.788. The van der Waals surface area contributed by atoms with E-state index in [2.05, 4.69) is 15.9 Å². The first-order valence-corrected chi connectivity index (χ1v) is 7.69. The maximum absolute atomic E-state index is 12.4. The summed E-state index contributed by atoms with van der Waals surface area (Å²) in [6.07, 6.45) is 0.459. The van der Waals surface area contributed by atoms with E-state index in [-0.39, 0.29) is 6.09 Å². The molecular formula is C17H16BrNO2. The van der Waals surface area contributed by atoms with Crippen LogP contribution in [0.2, 0.25) is 0 Å². The molecule has 1 aliphatic rings. The molecule has 1 saturated heterocycles. The molecule has 0 bridgehead atoms. The lowest BCUT2D eigenvalue weighted by Crippen LogP contribution is -2.46. The number of cyclic esters (lactones) is 1. The van der Waals surface area contributed by atoms with Crippen molar-refractivity contribution < 1.29 is 9.53 Å². The smallest absolute Gasteiger partial charge is 0.415 e. The number of hydrogen-bond acceptors (Lipinski definition) is 2. The van der Waals surface area contributed by atoms with Gasteiger partial charge < -0.3 is 4.74 Å². The molecule has 0 spiro atoms. The Hall–Kier alpha value is -1.81. The van der Waals surface area contributed by atoms with Gasteiger partial charge in [-0.3, -0.25) is 4.90 Å². The molecule has 1 atom stereocenters. The van der Waals surface area contributed by atoms with Crippen LogP contribution in [-0.4, -0.2) is 12.6 Å². The van der Waals surface area contributed by atoms with E-state index < -0.39 is 5.60 Å². The fourth-order valence-electron chi connectivity index (χ4n) is 2.59. The number of halogens is 1. The van der Waals surface area contributed by atoms with Crippen LogP contribution in [0.4, 0.5) is 10.5 Å². The Balaban J connectivity index is 1.83. The Morgan fingerprint density at radius 3 is 2.57 bits per heavy atom. The van der Waals surface area contributed by atoms with Gasteiger partial charge in [0.15, 0.2) is 0 Å². The fraction of sp³-hybridized carbons (Fsp3) is 0.235. The topological polar surface area (TPSA) is 29.5 Å². The van der Waals surface area contributed by atoms with Crippen molar-refractivity contribution in [3.05, 3.63) is 64.6 Å². The maximum atomic E-state index is 12.4. The van der Waals surface area contributed by atoms with Gasteiger partial charge in [-0.15, -0.1) is 0 Å². The van der Waals surface area contributed by atoms with Crippen molar-refractivity contribution in [1.82, 2.24) is 0 Å². The minimum Gasteiger partial charge on any atom is -0.438 e. The Morgan fingerprint density at radius 2 is 1.90 bits per heavy atom. The van der Waals surface area contributed by atoms with Crippen molar-refractivity contribution >= 4 is 27.7 Å². The molecule has 3 rings (SSSR count). The zero-order chi connectivity index (χ0) is 14.9. The molecule has 1 heterocycles. The van der Waals surface area contributed by atoms with Gasteiger partial charge in [0, 0.05) is 23.1 Å². The van der Waals surface area contributed by atoms with Gasteiger partial charge in [0.1, 0.15) is 5.60 Å². The molecule has 0 radical (unpaired) electrons. The van der Waals surface area contributed by atoms with Crippen LogP contribution >= 0.6 is 15.9 Å². The Kier molecular flexibility index (Phi) is 3.72. The molecule has 0 aromatic heterocycles. The second-order valence-corrected chi connectivity index (χ2v) is 6.26. The molecular weight excluding hydrogens is 330 g/mol. The van der Waals surface area contributed by atoms with Crippen LogP contribution in [0.5, 0.6) is 0 Å². The van der Waals surface area contributed by atoms with E-state index in [0.29, 0.717) is 6.54 Å². The number of benzene rings is 2. The Morgan fingerprint density at radius 1 is 1.14 bits per heavy atom. The van der Waals surface area contributed by atoms with Gasteiger partial charge in [0.2, 0.25) is 0 Å². The summed E-state index contributed by atoms with van der Waals surface area (Å²) in [5, 5.41) is 0. The van der Waals surface area contributed by atoms with Gasteiger partial charge >= 0.3 is 6.09 Å². The highest BCUT2D eigenvalue weighted by Crippen LogP contribution is 2.35. The molecule has 1 aliphatic heterocycles. The number of rotatable bonds is 2. The maximum Gasteiger partial charge on any atom is 0.415 e. The van der Waals surface area contributed by atoms with Crippen LogP contribution in [0.1, 0.15) is 18.9 Å². The summed E-state index contributed by atoms with van der Waals surface area (Å²) in [6.45, 7) is 2.61. The lowest BCUT2D eigenvalue weighted by Gasteiger charge is -2.39. The number of amides is 1. The van der Waals surface area contributed by atoms with Crippen molar-refractivity contribution in [2.24, 2.45) is 0 Å². The van der Waals surface area contributed by atoms with E-state index in [4.69, 9.17) is 4.74 Å².